The van der Waals surface area contributed by atoms with Gasteiger partial charge in [-0.15, -0.1) is 0 Å². The summed E-state index contributed by atoms with van der Waals surface area (Å²) in [6, 6.07) is 0. The highest BCUT2D eigenvalue weighted by Gasteiger charge is 2.24. The minimum absolute atomic E-state index is 0.00927. The SMILES string of the molecule is CN=C(NCc1ncc(C(C)(C)C)o1)N1CC(C)CC(C)C1. The third-order valence-electron chi connectivity index (χ3n) is 4.07. The fraction of sp³-hybridized carbons (Fsp3) is 0.765. The summed E-state index contributed by atoms with van der Waals surface area (Å²) < 4.78 is 5.83. The maximum atomic E-state index is 5.83. The number of nitrogens with one attached hydrogen (secondary N) is 1. The molecule has 2 atom stereocenters. The van der Waals surface area contributed by atoms with Gasteiger partial charge in [-0.1, -0.05) is 34.6 Å². The molecule has 0 aromatic carbocycles. The molecule has 124 valence electrons. The molecule has 1 aliphatic rings. The van der Waals surface area contributed by atoms with Crippen LogP contribution in [-0.2, 0) is 12.0 Å². The summed E-state index contributed by atoms with van der Waals surface area (Å²) in [6.07, 6.45) is 3.12. The van der Waals surface area contributed by atoms with Crippen LogP contribution in [0.25, 0.3) is 0 Å². The van der Waals surface area contributed by atoms with Gasteiger partial charge >= 0.3 is 0 Å². The second kappa shape index (κ2) is 6.71. The molecule has 2 rings (SSSR count). The van der Waals surface area contributed by atoms with E-state index in [0.29, 0.717) is 24.3 Å². The van der Waals surface area contributed by atoms with Gasteiger partial charge in [-0.2, -0.15) is 0 Å². The van der Waals surface area contributed by atoms with Gasteiger partial charge < -0.3 is 14.6 Å². The van der Waals surface area contributed by atoms with Crippen LogP contribution < -0.4 is 5.32 Å². The number of guanidine groups is 1. The average molecular weight is 306 g/mol. The van der Waals surface area contributed by atoms with E-state index in [4.69, 9.17) is 4.42 Å². The second-order valence-electron chi connectivity index (χ2n) is 7.62. The Bertz CT molecular complexity index is 505. The van der Waals surface area contributed by atoms with Crippen molar-refractivity contribution in [2.24, 2.45) is 16.8 Å². The third-order valence-corrected chi connectivity index (χ3v) is 4.07. The molecule has 0 spiro atoms. The van der Waals surface area contributed by atoms with Crippen LogP contribution in [0.4, 0.5) is 0 Å². The van der Waals surface area contributed by atoms with E-state index in [1.807, 2.05) is 13.2 Å². The molecule has 0 amide bonds. The van der Waals surface area contributed by atoms with Gasteiger partial charge in [0.1, 0.15) is 5.76 Å². The van der Waals surface area contributed by atoms with Gasteiger partial charge in [0, 0.05) is 25.6 Å². The zero-order valence-corrected chi connectivity index (χ0v) is 14.8. The maximum absolute atomic E-state index is 5.83. The van der Waals surface area contributed by atoms with Crippen molar-refractivity contribution in [2.75, 3.05) is 20.1 Å². The van der Waals surface area contributed by atoms with Crippen LogP contribution in [-0.4, -0.2) is 36.0 Å². The Labute approximate surface area is 134 Å². The number of nitrogens with zero attached hydrogens (tertiary/aromatic N) is 3. The van der Waals surface area contributed by atoms with Crippen molar-refractivity contribution in [3.05, 3.63) is 17.8 Å². The summed E-state index contributed by atoms with van der Waals surface area (Å²) in [4.78, 5) is 11.1. The molecule has 2 unspecified atom stereocenters. The highest BCUT2D eigenvalue weighted by Crippen LogP contribution is 2.23. The van der Waals surface area contributed by atoms with Crippen LogP contribution >= 0.6 is 0 Å². The van der Waals surface area contributed by atoms with Crippen LogP contribution in [0.3, 0.4) is 0 Å². The molecular weight excluding hydrogens is 276 g/mol. The number of hydrogen-bond acceptors (Lipinski definition) is 3. The number of aliphatic imine (C=N–C) groups is 1. The van der Waals surface area contributed by atoms with Gasteiger partial charge in [0.25, 0.3) is 0 Å². The molecule has 5 heteroatoms. The molecule has 0 radical (unpaired) electrons. The van der Waals surface area contributed by atoms with Crippen LogP contribution in [0.15, 0.2) is 15.6 Å². The lowest BCUT2D eigenvalue weighted by Crippen LogP contribution is -2.48. The zero-order valence-electron chi connectivity index (χ0n) is 14.8. The van der Waals surface area contributed by atoms with Crippen molar-refractivity contribution >= 4 is 5.96 Å². The Morgan fingerprint density at radius 1 is 1.36 bits per heavy atom. The molecular formula is C17H30N4O. The van der Waals surface area contributed by atoms with E-state index >= 15 is 0 Å². The van der Waals surface area contributed by atoms with Gasteiger partial charge in [0.15, 0.2) is 5.96 Å². The minimum Gasteiger partial charge on any atom is -0.443 e. The first-order chi connectivity index (χ1) is 10.3. The normalized spacial score (nSPS) is 23.7. The summed E-state index contributed by atoms with van der Waals surface area (Å²) in [5, 5.41) is 3.38. The van der Waals surface area contributed by atoms with Crippen LogP contribution in [0, 0.1) is 11.8 Å². The maximum Gasteiger partial charge on any atom is 0.213 e. The summed E-state index contributed by atoms with van der Waals surface area (Å²) >= 11 is 0. The molecule has 0 aliphatic carbocycles. The largest absolute Gasteiger partial charge is 0.443 e. The number of piperidine rings is 1. The molecule has 1 saturated heterocycles. The van der Waals surface area contributed by atoms with Crippen molar-refractivity contribution in [3.63, 3.8) is 0 Å². The van der Waals surface area contributed by atoms with Crippen molar-refractivity contribution in [2.45, 2.75) is 53.0 Å². The van der Waals surface area contributed by atoms with E-state index in [9.17, 15) is 0 Å². The van der Waals surface area contributed by atoms with E-state index in [0.717, 1.165) is 24.8 Å². The molecule has 0 saturated carbocycles. The summed E-state index contributed by atoms with van der Waals surface area (Å²) in [6.45, 7) is 13.7. The van der Waals surface area contributed by atoms with Crippen molar-refractivity contribution in [3.8, 4) is 0 Å². The predicted octanol–water partition coefficient (Wildman–Crippen LogP) is 3.03. The molecule has 1 aliphatic heterocycles. The third kappa shape index (κ3) is 4.24. The zero-order chi connectivity index (χ0) is 16.3. The van der Waals surface area contributed by atoms with E-state index in [-0.39, 0.29) is 5.41 Å². The first kappa shape index (κ1) is 16.8. The number of likely N-dealkylation sites (tertiary alicyclic amines) is 1. The van der Waals surface area contributed by atoms with Gasteiger partial charge in [0.2, 0.25) is 5.89 Å². The molecule has 1 fully saturated rings. The van der Waals surface area contributed by atoms with Crippen LogP contribution in [0.5, 0.6) is 0 Å². The van der Waals surface area contributed by atoms with Gasteiger partial charge in [-0.05, 0) is 18.3 Å². The predicted molar refractivity (Wildman–Crippen MR) is 89.9 cm³/mol. The van der Waals surface area contributed by atoms with Gasteiger partial charge in [-0.3, -0.25) is 4.99 Å². The van der Waals surface area contributed by atoms with Crippen LogP contribution in [0.1, 0.15) is 52.7 Å². The Balaban J connectivity index is 1.95. The van der Waals surface area contributed by atoms with E-state index in [1.165, 1.54) is 6.42 Å². The standard InChI is InChI=1S/C17H30N4O/c1-12-7-13(2)11-21(10-12)16(18-6)20-9-15-19-8-14(22-15)17(3,4)5/h8,12-13H,7,9-11H2,1-6H3,(H,18,20). The fourth-order valence-corrected chi connectivity index (χ4v) is 3.06. The molecule has 5 nitrogen and oxygen atoms in total. The number of oxazole rings is 1. The van der Waals surface area contributed by atoms with Crippen LogP contribution in [0.2, 0.25) is 0 Å². The lowest BCUT2D eigenvalue weighted by molar-refractivity contribution is 0.208. The molecule has 2 heterocycles. The van der Waals surface area contributed by atoms with E-state index in [1.54, 1.807) is 0 Å². The minimum atomic E-state index is -0.00927. The molecule has 1 aromatic heterocycles. The van der Waals surface area contributed by atoms with Crippen molar-refractivity contribution < 1.29 is 4.42 Å². The molecule has 0 bridgehead atoms. The van der Waals surface area contributed by atoms with E-state index in [2.05, 4.69) is 54.8 Å². The first-order valence-electron chi connectivity index (χ1n) is 8.20. The van der Waals surface area contributed by atoms with Crippen molar-refractivity contribution in [1.82, 2.24) is 15.2 Å². The summed E-state index contributed by atoms with van der Waals surface area (Å²) in [5.74, 6) is 3.98. The highest BCUT2D eigenvalue weighted by atomic mass is 16.4. The smallest absolute Gasteiger partial charge is 0.213 e. The Morgan fingerprint density at radius 2 is 2.00 bits per heavy atom. The average Bonchev–Trinajstić information content (AvgIpc) is 2.87. The highest BCUT2D eigenvalue weighted by molar-refractivity contribution is 5.79. The van der Waals surface area contributed by atoms with Gasteiger partial charge in [0.05, 0.1) is 12.7 Å². The van der Waals surface area contributed by atoms with E-state index < -0.39 is 0 Å². The molecule has 1 N–H and O–H groups in total. The molecule has 1 aromatic rings. The summed E-state index contributed by atoms with van der Waals surface area (Å²) in [7, 11) is 1.84. The lowest BCUT2D eigenvalue weighted by Gasteiger charge is -2.36. The lowest BCUT2D eigenvalue weighted by atomic mass is 9.92. The topological polar surface area (TPSA) is 53.7 Å². The second-order valence-corrected chi connectivity index (χ2v) is 7.62. The summed E-state index contributed by atoms with van der Waals surface area (Å²) in [5.41, 5.74) is -0.00927. The molecule has 22 heavy (non-hydrogen) atoms. The Morgan fingerprint density at radius 3 is 2.50 bits per heavy atom. The quantitative estimate of drug-likeness (QED) is 0.674. The Hall–Kier alpha value is -1.52. The fourth-order valence-electron chi connectivity index (χ4n) is 3.06. The number of aromatic nitrogens is 1. The monoisotopic (exact) mass is 306 g/mol. The Kier molecular flexibility index (Phi) is 5.14. The first-order valence-corrected chi connectivity index (χ1v) is 8.20. The van der Waals surface area contributed by atoms with Gasteiger partial charge in [-0.25, -0.2) is 4.98 Å². The van der Waals surface area contributed by atoms with Crippen molar-refractivity contribution in [1.29, 1.82) is 0 Å². The number of hydrogen-bond donors (Lipinski definition) is 1. The number of rotatable bonds is 2.